The van der Waals surface area contributed by atoms with Crippen molar-refractivity contribution in [2.24, 2.45) is 5.73 Å². The molecule has 4 heteroatoms. The van der Waals surface area contributed by atoms with Gasteiger partial charge in [0.25, 0.3) is 0 Å². The Morgan fingerprint density at radius 2 is 2.11 bits per heavy atom. The van der Waals surface area contributed by atoms with Gasteiger partial charge >= 0.3 is 5.97 Å². The van der Waals surface area contributed by atoms with Crippen LogP contribution in [0, 0.1) is 0 Å². The van der Waals surface area contributed by atoms with Crippen LogP contribution in [0.25, 0.3) is 10.9 Å². The highest BCUT2D eigenvalue weighted by atomic mass is 16.5. The normalized spacial score (nSPS) is 11.6. The largest absolute Gasteiger partial charge is 0.468 e. The van der Waals surface area contributed by atoms with Crippen LogP contribution in [0.1, 0.15) is 19.4 Å². The lowest BCUT2D eigenvalue weighted by atomic mass is 10.1. The molecule has 1 aromatic heterocycles. The van der Waals surface area contributed by atoms with Crippen molar-refractivity contribution in [1.82, 2.24) is 4.98 Å². The maximum Gasteiger partial charge on any atom is 0.322 e. The lowest BCUT2D eigenvalue weighted by molar-refractivity contribution is -0.142. The molecule has 1 heterocycles. The van der Waals surface area contributed by atoms with Gasteiger partial charge in [-0.25, -0.2) is 0 Å². The second-order valence-electron chi connectivity index (χ2n) is 3.73. The van der Waals surface area contributed by atoms with Crippen LogP contribution < -0.4 is 5.73 Å². The number of aromatic amines is 1. The summed E-state index contributed by atoms with van der Waals surface area (Å²) < 4.78 is 4.59. The van der Waals surface area contributed by atoms with Crippen LogP contribution >= 0.6 is 0 Å². The molecule has 3 N–H and O–H groups in total. The first kappa shape index (κ1) is 14.3. The van der Waals surface area contributed by atoms with Crippen LogP contribution in [-0.4, -0.2) is 24.1 Å². The van der Waals surface area contributed by atoms with E-state index in [4.69, 9.17) is 5.73 Å². The van der Waals surface area contributed by atoms with Gasteiger partial charge < -0.3 is 15.5 Å². The van der Waals surface area contributed by atoms with Crippen molar-refractivity contribution in [3.8, 4) is 0 Å². The van der Waals surface area contributed by atoms with Gasteiger partial charge in [0.2, 0.25) is 0 Å². The van der Waals surface area contributed by atoms with Crippen LogP contribution in [0.5, 0.6) is 0 Å². The van der Waals surface area contributed by atoms with Crippen LogP contribution in [0.3, 0.4) is 0 Å². The van der Waals surface area contributed by atoms with E-state index in [9.17, 15) is 4.79 Å². The minimum atomic E-state index is -0.596. The van der Waals surface area contributed by atoms with E-state index >= 15 is 0 Å². The molecule has 0 aliphatic rings. The van der Waals surface area contributed by atoms with E-state index in [2.05, 4.69) is 9.72 Å². The average Bonchev–Trinajstić information content (AvgIpc) is 2.87. The molecule has 4 nitrogen and oxygen atoms in total. The SMILES string of the molecule is CC.COC(=O)C(N)Cc1ccc2[nH]ccc2c1. The number of aromatic nitrogens is 1. The Morgan fingerprint density at radius 3 is 2.78 bits per heavy atom. The third kappa shape index (κ3) is 3.34. The number of esters is 1. The minimum Gasteiger partial charge on any atom is -0.468 e. The number of hydrogen-bond acceptors (Lipinski definition) is 3. The molecule has 0 amide bonds. The first-order valence-corrected chi connectivity index (χ1v) is 6.10. The summed E-state index contributed by atoms with van der Waals surface area (Å²) in [4.78, 5) is 14.3. The zero-order chi connectivity index (χ0) is 13.5. The van der Waals surface area contributed by atoms with Crippen LogP contribution in [0.4, 0.5) is 0 Å². The Morgan fingerprint density at radius 1 is 1.39 bits per heavy atom. The third-order valence-corrected chi connectivity index (χ3v) is 2.58. The van der Waals surface area contributed by atoms with Crippen molar-refractivity contribution >= 4 is 16.9 Å². The minimum absolute atomic E-state index is 0.380. The van der Waals surface area contributed by atoms with E-state index < -0.39 is 6.04 Å². The van der Waals surface area contributed by atoms with Crippen molar-refractivity contribution in [3.05, 3.63) is 36.0 Å². The van der Waals surface area contributed by atoms with Crippen LogP contribution in [-0.2, 0) is 16.0 Å². The highest BCUT2D eigenvalue weighted by Crippen LogP contribution is 2.15. The Kier molecular flexibility index (Phi) is 5.39. The number of rotatable bonds is 3. The van der Waals surface area contributed by atoms with Gasteiger partial charge in [-0.05, 0) is 35.6 Å². The summed E-state index contributed by atoms with van der Waals surface area (Å²) >= 11 is 0. The number of nitrogens with two attached hydrogens (primary N) is 1. The molecule has 0 saturated heterocycles. The van der Waals surface area contributed by atoms with Crippen LogP contribution in [0.2, 0.25) is 0 Å². The topological polar surface area (TPSA) is 68.1 Å². The van der Waals surface area contributed by atoms with Gasteiger partial charge in [0.15, 0.2) is 0 Å². The predicted octanol–water partition coefficient (Wildman–Crippen LogP) is 2.24. The van der Waals surface area contributed by atoms with Gasteiger partial charge in [-0.2, -0.15) is 0 Å². The van der Waals surface area contributed by atoms with Crippen LogP contribution in [0.15, 0.2) is 30.5 Å². The maximum absolute atomic E-state index is 11.2. The summed E-state index contributed by atoms with van der Waals surface area (Å²) in [7, 11) is 1.34. The Bertz CT molecular complexity index is 505. The Hall–Kier alpha value is -1.81. The summed E-state index contributed by atoms with van der Waals surface area (Å²) in [6.45, 7) is 4.00. The Labute approximate surface area is 107 Å². The number of nitrogens with one attached hydrogen (secondary N) is 1. The van der Waals surface area contributed by atoms with Crippen molar-refractivity contribution < 1.29 is 9.53 Å². The second kappa shape index (κ2) is 6.81. The summed E-state index contributed by atoms with van der Waals surface area (Å²) in [5.74, 6) is -0.380. The summed E-state index contributed by atoms with van der Waals surface area (Å²) in [6, 6.07) is 7.36. The average molecular weight is 248 g/mol. The lowest BCUT2D eigenvalue weighted by Crippen LogP contribution is -2.33. The zero-order valence-corrected chi connectivity index (χ0v) is 11.1. The molecule has 1 aromatic carbocycles. The number of H-pyrrole nitrogens is 1. The molecule has 98 valence electrons. The van der Waals surface area contributed by atoms with Crippen molar-refractivity contribution in [3.63, 3.8) is 0 Å². The molecule has 0 radical (unpaired) electrons. The Balaban J connectivity index is 0.000000771. The third-order valence-electron chi connectivity index (χ3n) is 2.58. The molecule has 1 atom stereocenters. The monoisotopic (exact) mass is 248 g/mol. The summed E-state index contributed by atoms with van der Waals surface area (Å²) in [6.07, 6.45) is 2.38. The smallest absolute Gasteiger partial charge is 0.322 e. The number of ether oxygens (including phenoxy) is 1. The fraction of sp³-hybridized carbons (Fsp3) is 0.357. The van der Waals surface area contributed by atoms with Gasteiger partial charge in [-0.15, -0.1) is 0 Å². The molecule has 18 heavy (non-hydrogen) atoms. The molecule has 0 spiro atoms. The number of hydrogen-bond donors (Lipinski definition) is 2. The highest BCUT2D eigenvalue weighted by Gasteiger charge is 2.14. The number of fused-ring (bicyclic) bond motifs is 1. The summed E-state index contributed by atoms with van der Waals surface area (Å²) in [5, 5.41) is 1.12. The molecule has 2 aromatic rings. The quantitative estimate of drug-likeness (QED) is 0.818. The van der Waals surface area contributed by atoms with Crippen molar-refractivity contribution in [1.29, 1.82) is 0 Å². The highest BCUT2D eigenvalue weighted by molar-refractivity contribution is 5.80. The van der Waals surface area contributed by atoms with E-state index in [-0.39, 0.29) is 5.97 Å². The van der Waals surface area contributed by atoms with E-state index in [1.54, 1.807) is 0 Å². The standard InChI is InChI=1S/C12H14N2O2.C2H6/c1-16-12(15)10(13)7-8-2-3-11-9(6-8)4-5-14-11;1-2/h2-6,10,14H,7,13H2,1H3;1-2H3. The molecule has 2 rings (SSSR count). The predicted molar refractivity (Wildman–Crippen MR) is 73.3 cm³/mol. The number of methoxy groups -OCH3 is 1. The maximum atomic E-state index is 11.2. The molecule has 0 bridgehead atoms. The first-order valence-electron chi connectivity index (χ1n) is 6.10. The molecule has 1 unspecified atom stereocenters. The lowest BCUT2D eigenvalue weighted by Gasteiger charge is -2.08. The fourth-order valence-corrected chi connectivity index (χ4v) is 1.72. The van der Waals surface area contributed by atoms with E-state index in [1.807, 2.05) is 44.3 Å². The van der Waals surface area contributed by atoms with Gasteiger partial charge in [0, 0.05) is 11.7 Å². The summed E-state index contributed by atoms with van der Waals surface area (Å²) in [5.41, 5.74) is 7.81. The number of carbonyl (C=O) groups excluding carboxylic acids is 1. The molecule has 0 aliphatic heterocycles. The van der Waals surface area contributed by atoms with E-state index in [0.29, 0.717) is 6.42 Å². The van der Waals surface area contributed by atoms with E-state index in [0.717, 1.165) is 16.5 Å². The first-order chi connectivity index (χ1) is 8.70. The van der Waals surface area contributed by atoms with E-state index in [1.165, 1.54) is 7.11 Å². The van der Waals surface area contributed by atoms with Gasteiger partial charge in [0.05, 0.1) is 7.11 Å². The van der Waals surface area contributed by atoms with Gasteiger partial charge in [-0.3, -0.25) is 4.79 Å². The van der Waals surface area contributed by atoms with Gasteiger partial charge in [-0.1, -0.05) is 19.9 Å². The molecule has 0 aliphatic carbocycles. The second-order valence-corrected chi connectivity index (χ2v) is 3.73. The molecular formula is C14H20N2O2. The molecule has 0 fully saturated rings. The number of carbonyl (C=O) groups is 1. The number of benzene rings is 1. The van der Waals surface area contributed by atoms with Crippen molar-refractivity contribution in [2.45, 2.75) is 26.3 Å². The van der Waals surface area contributed by atoms with Crippen molar-refractivity contribution in [2.75, 3.05) is 7.11 Å². The molecule has 0 saturated carbocycles. The zero-order valence-electron chi connectivity index (χ0n) is 11.1. The molecular weight excluding hydrogens is 228 g/mol. The fourth-order valence-electron chi connectivity index (χ4n) is 1.72. The van der Waals surface area contributed by atoms with Gasteiger partial charge in [0.1, 0.15) is 6.04 Å².